The zero-order valence-electron chi connectivity index (χ0n) is 23.9. The number of hydrogen-bond donors (Lipinski definition) is 0. The highest BCUT2D eigenvalue weighted by molar-refractivity contribution is 7.19. The fourth-order valence-corrected chi connectivity index (χ4v) is 11.6. The fraction of sp³-hybridized carbons (Fsp3) is 0.0513. The first-order valence-electron chi connectivity index (χ1n) is 14.9. The Kier molecular flexibility index (Phi) is 6.09. The topological polar surface area (TPSA) is 27.1 Å². The third-order valence-electron chi connectivity index (χ3n) is 8.73. The van der Waals surface area contributed by atoms with Gasteiger partial charge in [-0.1, -0.05) is 134 Å². The molecule has 0 atom stereocenters. The monoisotopic (exact) mass is 570 g/mol. The highest BCUT2D eigenvalue weighted by Gasteiger charge is 2.41. The molecule has 1 aliphatic rings. The number of benzene rings is 6. The van der Waals surface area contributed by atoms with Crippen LogP contribution in [0.5, 0.6) is 11.5 Å². The van der Waals surface area contributed by atoms with Crippen LogP contribution in [-0.4, -0.2) is 17.6 Å². The Hall–Kier alpha value is -5.19. The van der Waals surface area contributed by atoms with Crippen molar-refractivity contribution in [3.8, 4) is 28.3 Å². The van der Waals surface area contributed by atoms with Crippen LogP contribution in [0.1, 0.15) is 12.7 Å². The van der Waals surface area contributed by atoms with Gasteiger partial charge in [0.05, 0.1) is 5.69 Å². The SMILES string of the molecule is CCc1nc2c(-c3ccc([Si](c4ccccc4)(c4ccccc4)c4ccccc4)cc3)ccc3c2n1-c1ccccc1O3. The number of nitrogens with zero attached hydrogens (tertiary/aromatic N) is 2. The quantitative estimate of drug-likeness (QED) is 0.164. The molecule has 0 bridgehead atoms. The first-order valence-corrected chi connectivity index (χ1v) is 16.9. The number of ether oxygens (including phenoxy) is 1. The molecule has 0 spiro atoms. The van der Waals surface area contributed by atoms with Crippen molar-refractivity contribution in [3.05, 3.63) is 157 Å². The van der Waals surface area contributed by atoms with E-state index < -0.39 is 8.07 Å². The van der Waals surface area contributed by atoms with Crippen molar-refractivity contribution in [1.82, 2.24) is 9.55 Å². The molecule has 0 unspecified atom stereocenters. The van der Waals surface area contributed by atoms with Gasteiger partial charge in [-0.25, -0.2) is 4.98 Å². The fourth-order valence-electron chi connectivity index (χ4n) is 6.82. The van der Waals surface area contributed by atoms with Crippen LogP contribution in [0.2, 0.25) is 0 Å². The summed E-state index contributed by atoms with van der Waals surface area (Å²) in [5, 5.41) is 5.47. The smallest absolute Gasteiger partial charge is 0.179 e. The van der Waals surface area contributed by atoms with Crippen LogP contribution in [0.15, 0.2) is 152 Å². The molecule has 0 fully saturated rings. The second kappa shape index (κ2) is 10.3. The lowest BCUT2D eigenvalue weighted by atomic mass is 10.0. The van der Waals surface area contributed by atoms with Gasteiger partial charge in [-0.15, -0.1) is 0 Å². The number of fused-ring (bicyclic) bond motifs is 2. The molecule has 0 amide bonds. The molecule has 0 aliphatic carbocycles. The number of aryl methyl sites for hydroxylation is 1. The Labute approximate surface area is 252 Å². The van der Waals surface area contributed by atoms with Crippen molar-refractivity contribution < 1.29 is 4.74 Å². The van der Waals surface area contributed by atoms with E-state index in [4.69, 9.17) is 9.72 Å². The summed E-state index contributed by atoms with van der Waals surface area (Å²) < 4.78 is 8.63. The largest absolute Gasteiger partial charge is 0.453 e. The van der Waals surface area contributed by atoms with Crippen LogP contribution in [0.25, 0.3) is 27.8 Å². The van der Waals surface area contributed by atoms with Gasteiger partial charge in [-0.2, -0.15) is 0 Å². The van der Waals surface area contributed by atoms with Gasteiger partial charge < -0.3 is 4.74 Å². The molecule has 3 nitrogen and oxygen atoms in total. The Morgan fingerprint density at radius 2 is 1.09 bits per heavy atom. The second-order valence-electron chi connectivity index (χ2n) is 11.0. The molecule has 0 N–H and O–H groups in total. The molecule has 7 aromatic rings. The van der Waals surface area contributed by atoms with E-state index in [0.717, 1.165) is 51.6 Å². The average molecular weight is 571 g/mol. The molecule has 0 saturated heterocycles. The average Bonchev–Trinajstić information content (AvgIpc) is 3.48. The van der Waals surface area contributed by atoms with Crippen molar-refractivity contribution in [3.63, 3.8) is 0 Å². The molecule has 8 rings (SSSR count). The standard InChI is InChI=1S/C39H30N2OSi/c1-2-37-40-38-33(26-27-36-39(38)41(37)34-20-12-13-21-35(34)42-36)28-22-24-32(25-23-28)43(29-14-6-3-7-15-29,30-16-8-4-9-17-30)31-18-10-5-11-19-31/h3-27H,2H2,1H3. The maximum Gasteiger partial charge on any atom is 0.179 e. The molecular formula is C39H30N2OSi. The summed E-state index contributed by atoms with van der Waals surface area (Å²) >= 11 is 0. The van der Waals surface area contributed by atoms with Crippen LogP contribution >= 0.6 is 0 Å². The lowest BCUT2D eigenvalue weighted by Crippen LogP contribution is -2.74. The lowest BCUT2D eigenvalue weighted by Gasteiger charge is -2.34. The molecule has 206 valence electrons. The van der Waals surface area contributed by atoms with E-state index in [1.807, 2.05) is 12.1 Å². The van der Waals surface area contributed by atoms with E-state index >= 15 is 0 Å². The van der Waals surface area contributed by atoms with E-state index in [0.29, 0.717) is 0 Å². The maximum atomic E-state index is 6.35. The van der Waals surface area contributed by atoms with Gasteiger partial charge in [0, 0.05) is 12.0 Å². The number of rotatable bonds is 6. The van der Waals surface area contributed by atoms with Crippen LogP contribution in [-0.2, 0) is 6.42 Å². The maximum absolute atomic E-state index is 6.35. The molecule has 1 aliphatic heterocycles. The van der Waals surface area contributed by atoms with Crippen LogP contribution in [0.4, 0.5) is 0 Å². The Balaban J connectivity index is 1.33. The number of aromatic nitrogens is 2. The van der Waals surface area contributed by atoms with Crippen molar-refractivity contribution in [1.29, 1.82) is 0 Å². The normalized spacial score (nSPS) is 12.1. The molecular weight excluding hydrogens is 541 g/mol. The first-order chi connectivity index (χ1) is 21.3. The Bertz CT molecular complexity index is 1970. The zero-order chi connectivity index (χ0) is 28.8. The van der Waals surface area contributed by atoms with Crippen molar-refractivity contribution in [2.45, 2.75) is 13.3 Å². The van der Waals surface area contributed by atoms with Gasteiger partial charge in [0.1, 0.15) is 16.9 Å². The van der Waals surface area contributed by atoms with E-state index in [1.54, 1.807) is 0 Å². The highest BCUT2D eigenvalue weighted by atomic mass is 28.3. The van der Waals surface area contributed by atoms with Gasteiger partial charge in [-0.3, -0.25) is 4.57 Å². The summed E-state index contributed by atoms with van der Waals surface area (Å²) in [5.41, 5.74) is 5.34. The molecule has 6 aromatic carbocycles. The predicted molar refractivity (Wildman–Crippen MR) is 180 cm³/mol. The molecule has 0 radical (unpaired) electrons. The number of para-hydroxylation sites is 2. The Morgan fingerprint density at radius 3 is 1.67 bits per heavy atom. The summed E-state index contributed by atoms with van der Waals surface area (Å²) in [4.78, 5) is 5.18. The van der Waals surface area contributed by atoms with Crippen molar-refractivity contribution in [2.24, 2.45) is 0 Å². The Morgan fingerprint density at radius 1 is 0.558 bits per heavy atom. The molecule has 43 heavy (non-hydrogen) atoms. The molecule has 1 aromatic heterocycles. The summed E-state index contributed by atoms with van der Waals surface area (Å²) in [7, 11) is -2.57. The predicted octanol–water partition coefficient (Wildman–Crippen LogP) is 6.74. The third kappa shape index (κ3) is 3.91. The summed E-state index contributed by atoms with van der Waals surface area (Å²) in [6.45, 7) is 2.16. The minimum Gasteiger partial charge on any atom is -0.453 e. The zero-order valence-corrected chi connectivity index (χ0v) is 24.9. The van der Waals surface area contributed by atoms with Crippen molar-refractivity contribution >= 4 is 39.9 Å². The van der Waals surface area contributed by atoms with Crippen LogP contribution < -0.4 is 25.5 Å². The molecule has 2 heterocycles. The summed E-state index contributed by atoms with van der Waals surface area (Å²) in [5.74, 6) is 2.76. The summed E-state index contributed by atoms with van der Waals surface area (Å²) in [6.07, 6.45) is 0.834. The number of hydrogen-bond acceptors (Lipinski definition) is 2. The minimum absolute atomic E-state index is 0.834. The van der Waals surface area contributed by atoms with Crippen molar-refractivity contribution in [2.75, 3.05) is 0 Å². The second-order valence-corrected chi connectivity index (χ2v) is 14.8. The van der Waals surface area contributed by atoms with E-state index in [-0.39, 0.29) is 0 Å². The van der Waals surface area contributed by atoms with E-state index in [9.17, 15) is 0 Å². The molecule has 0 saturated carbocycles. The lowest BCUT2D eigenvalue weighted by molar-refractivity contribution is 0.474. The van der Waals surface area contributed by atoms with Gasteiger partial charge in [0.2, 0.25) is 0 Å². The minimum atomic E-state index is -2.57. The van der Waals surface area contributed by atoms with Gasteiger partial charge in [0.25, 0.3) is 0 Å². The van der Waals surface area contributed by atoms with E-state index in [2.05, 4.69) is 151 Å². The van der Waals surface area contributed by atoms with Gasteiger partial charge >= 0.3 is 0 Å². The third-order valence-corrected chi connectivity index (χ3v) is 13.5. The first kappa shape index (κ1) is 25.5. The van der Waals surface area contributed by atoms with Gasteiger partial charge in [0.15, 0.2) is 19.6 Å². The highest BCUT2D eigenvalue weighted by Crippen LogP contribution is 2.44. The number of imidazole rings is 1. The molecule has 4 heteroatoms. The van der Waals surface area contributed by atoms with Gasteiger partial charge in [-0.05, 0) is 50.6 Å². The van der Waals surface area contributed by atoms with Crippen LogP contribution in [0.3, 0.4) is 0 Å². The van der Waals surface area contributed by atoms with E-state index in [1.165, 1.54) is 20.7 Å². The van der Waals surface area contributed by atoms with Crippen LogP contribution in [0, 0.1) is 0 Å². The summed E-state index contributed by atoms with van der Waals surface area (Å²) in [6, 6.07) is 54.9.